The van der Waals surface area contributed by atoms with Crippen molar-refractivity contribution in [3.63, 3.8) is 0 Å². The molecule has 6 heteroatoms. The van der Waals surface area contributed by atoms with E-state index in [0.717, 1.165) is 18.6 Å². The van der Waals surface area contributed by atoms with Crippen LogP contribution in [0.1, 0.15) is 33.1 Å². The number of sulfone groups is 1. The van der Waals surface area contributed by atoms with Crippen molar-refractivity contribution < 1.29 is 13.2 Å². The van der Waals surface area contributed by atoms with Gasteiger partial charge in [-0.15, -0.1) is 0 Å². The van der Waals surface area contributed by atoms with Crippen LogP contribution in [0.3, 0.4) is 0 Å². The monoisotopic (exact) mass is 246 g/mol. The molecule has 1 rings (SSSR count). The molecule has 0 saturated carbocycles. The van der Waals surface area contributed by atoms with Crippen LogP contribution in [0, 0.1) is 0 Å². The molecule has 0 unspecified atom stereocenters. The summed E-state index contributed by atoms with van der Waals surface area (Å²) < 4.78 is 22.6. The van der Waals surface area contributed by atoms with Crippen molar-refractivity contribution in [2.75, 3.05) is 18.1 Å². The third kappa shape index (κ3) is 3.59. The molecule has 1 aliphatic rings. The van der Waals surface area contributed by atoms with Gasteiger partial charge in [-0.05, 0) is 6.42 Å². The van der Waals surface area contributed by atoms with Crippen LogP contribution in [0.15, 0.2) is 5.10 Å². The Hall–Kier alpha value is -0.910. The van der Waals surface area contributed by atoms with Crippen molar-refractivity contribution in [3.05, 3.63) is 0 Å². The van der Waals surface area contributed by atoms with Gasteiger partial charge in [0.05, 0.1) is 18.7 Å². The van der Waals surface area contributed by atoms with Crippen molar-refractivity contribution in [3.8, 4) is 0 Å². The van der Waals surface area contributed by atoms with Crippen LogP contribution >= 0.6 is 0 Å². The van der Waals surface area contributed by atoms with Crippen molar-refractivity contribution >= 4 is 21.5 Å². The first-order valence-electron chi connectivity index (χ1n) is 5.55. The Balaban J connectivity index is 2.52. The van der Waals surface area contributed by atoms with Gasteiger partial charge in [0.25, 0.3) is 0 Å². The van der Waals surface area contributed by atoms with Crippen molar-refractivity contribution in [2.24, 2.45) is 5.10 Å². The predicted octanol–water partition coefficient (Wildman–Crippen LogP) is 0.809. The molecule has 0 atom stereocenters. The Morgan fingerprint density at radius 3 is 2.62 bits per heavy atom. The van der Waals surface area contributed by atoms with Crippen LogP contribution in [-0.4, -0.2) is 43.1 Å². The minimum absolute atomic E-state index is 0.00184. The van der Waals surface area contributed by atoms with E-state index in [1.807, 2.05) is 6.92 Å². The minimum atomic E-state index is -3.02. The van der Waals surface area contributed by atoms with Gasteiger partial charge in [-0.2, -0.15) is 5.10 Å². The van der Waals surface area contributed by atoms with Gasteiger partial charge >= 0.3 is 0 Å². The van der Waals surface area contributed by atoms with E-state index in [9.17, 15) is 13.2 Å². The maximum atomic E-state index is 11.5. The van der Waals surface area contributed by atoms with E-state index in [-0.39, 0.29) is 24.0 Å². The van der Waals surface area contributed by atoms with Gasteiger partial charge in [-0.25, -0.2) is 13.4 Å². The second-order valence-electron chi connectivity index (χ2n) is 3.85. The van der Waals surface area contributed by atoms with Crippen molar-refractivity contribution in [1.82, 2.24) is 5.01 Å². The number of nitrogens with zero attached hydrogens (tertiary/aromatic N) is 2. The molecular weight excluding hydrogens is 228 g/mol. The lowest BCUT2D eigenvalue weighted by atomic mass is 10.2. The highest BCUT2D eigenvalue weighted by atomic mass is 32.2. The lowest BCUT2D eigenvalue weighted by Crippen LogP contribution is -2.27. The van der Waals surface area contributed by atoms with Gasteiger partial charge in [0.1, 0.15) is 0 Å². The average Bonchev–Trinajstić information content (AvgIpc) is 2.57. The first-order chi connectivity index (χ1) is 7.48. The zero-order valence-electron chi connectivity index (χ0n) is 9.77. The van der Waals surface area contributed by atoms with E-state index < -0.39 is 9.84 Å². The highest BCUT2D eigenvalue weighted by Gasteiger charge is 2.24. The van der Waals surface area contributed by atoms with E-state index in [2.05, 4.69) is 5.10 Å². The first kappa shape index (κ1) is 13.2. The lowest BCUT2D eigenvalue weighted by Gasteiger charge is -2.10. The number of amides is 1. The molecule has 0 aromatic heterocycles. The van der Waals surface area contributed by atoms with Gasteiger partial charge in [-0.1, -0.05) is 20.3 Å². The smallest absolute Gasteiger partial charge is 0.248 e. The summed E-state index contributed by atoms with van der Waals surface area (Å²) in [5.74, 6) is 0.0216. The zero-order valence-corrected chi connectivity index (χ0v) is 10.6. The second-order valence-corrected chi connectivity index (χ2v) is 6.32. The van der Waals surface area contributed by atoms with Gasteiger partial charge < -0.3 is 0 Å². The lowest BCUT2D eigenvalue weighted by molar-refractivity contribution is -0.128. The van der Waals surface area contributed by atoms with Crippen LogP contribution in [0.5, 0.6) is 0 Å². The molecule has 0 radical (unpaired) electrons. The van der Waals surface area contributed by atoms with E-state index in [1.54, 1.807) is 6.92 Å². The second kappa shape index (κ2) is 5.43. The molecule has 1 aliphatic heterocycles. The van der Waals surface area contributed by atoms with Gasteiger partial charge in [0, 0.05) is 11.5 Å². The first-order valence-corrected chi connectivity index (χ1v) is 7.37. The standard InChI is InChI=1S/C10H18N2O3S/c1-3-5-9-8-10(13)12(11-9)6-7-16(14,15)4-2/h3-8H2,1-2H3. The largest absolute Gasteiger partial charge is 0.273 e. The van der Waals surface area contributed by atoms with Crippen LogP contribution in [-0.2, 0) is 14.6 Å². The number of rotatable bonds is 6. The molecule has 0 fully saturated rings. The Kier molecular flexibility index (Phi) is 4.46. The zero-order chi connectivity index (χ0) is 12.2. The quantitative estimate of drug-likeness (QED) is 0.696. The van der Waals surface area contributed by atoms with Crippen LogP contribution in [0.4, 0.5) is 0 Å². The minimum Gasteiger partial charge on any atom is -0.273 e. The molecular formula is C10H18N2O3S. The number of carbonyl (C=O) groups is 1. The fourth-order valence-electron chi connectivity index (χ4n) is 1.50. The summed E-state index contributed by atoms with van der Waals surface area (Å²) in [6, 6.07) is 0. The fourth-order valence-corrected chi connectivity index (χ4v) is 2.24. The third-order valence-corrected chi connectivity index (χ3v) is 4.18. The fraction of sp³-hybridized carbons (Fsp3) is 0.800. The molecule has 5 nitrogen and oxygen atoms in total. The van der Waals surface area contributed by atoms with E-state index in [4.69, 9.17) is 0 Å². The summed E-state index contributed by atoms with van der Waals surface area (Å²) in [5.41, 5.74) is 0.862. The van der Waals surface area contributed by atoms with E-state index in [1.165, 1.54) is 5.01 Å². The topological polar surface area (TPSA) is 66.8 Å². The normalized spacial score (nSPS) is 16.8. The van der Waals surface area contributed by atoms with Gasteiger partial charge in [-0.3, -0.25) is 4.79 Å². The molecule has 1 heterocycles. The highest BCUT2D eigenvalue weighted by molar-refractivity contribution is 7.91. The van der Waals surface area contributed by atoms with E-state index in [0.29, 0.717) is 6.42 Å². The third-order valence-electron chi connectivity index (χ3n) is 2.50. The number of hydrogen-bond acceptors (Lipinski definition) is 4. The van der Waals surface area contributed by atoms with Gasteiger partial charge in [0.15, 0.2) is 9.84 Å². The highest BCUT2D eigenvalue weighted by Crippen LogP contribution is 2.11. The van der Waals surface area contributed by atoms with Crippen LogP contribution < -0.4 is 0 Å². The molecule has 0 aromatic rings. The van der Waals surface area contributed by atoms with Crippen molar-refractivity contribution in [1.29, 1.82) is 0 Å². The summed E-state index contributed by atoms with van der Waals surface area (Å²) in [4.78, 5) is 11.5. The summed E-state index contributed by atoms with van der Waals surface area (Å²) >= 11 is 0. The maximum absolute atomic E-state index is 11.5. The molecule has 0 spiro atoms. The summed E-state index contributed by atoms with van der Waals surface area (Å²) in [6.45, 7) is 3.81. The van der Waals surface area contributed by atoms with Crippen LogP contribution in [0.2, 0.25) is 0 Å². The Bertz CT molecular complexity index is 387. The Morgan fingerprint density at radius 1 is 1.38 bits per heavy atom. The van der Waals surface area contributed by atoms with Crippen molar-refractivity contribution in [2.45, 2.75) is 33.1 Å². The SMILES string of the molecule is CCCC1=NN(CCS(=O)(=O)CC)C(=O)C1. The summed E-state index contributed by atoms with van der Waals surface area (Å²) in [6.07, 6.45) is 2.11. The molecule has 1 amide bonds. The molecule has 16 heavy (non-hydrogen) atoms. The number of carbonyl (C=O) groups excluding carboxylic acids is 1. The van der Waals surface area contributed by atoms with Gasteiger partial charge in [0.2, 0.25) is 5.91 Å². The number of hydrazone groups is 1. The molecule has 0 N–H and O–H groups in total. The molecule has 0 aliphatic carbocycles. The van der Waals surface area contributed by atoms with E-state index >= 15 is 0 Å². The predicted molar refractivity (Wildman–Crippen MR) is 63.0 cm³/mol. The summed E-state index contributed by atoms with van der Waals surface area (Å²) in [5, 5.41) is 5.42. The summed E-state index contributed by atoms with van der Waals surface area (Å²) in [7, 11) is -3.02. The molecule has 92 valence electrons. The Morgan fingerprint density at radius 2 is 2.06 bits per heavy atom. The van der Waals surface area contributed by atoms with Crippen LogP contribution in [0.25, 0.3) is 0 Å². The maximum Gasteiger partial charge on any atom is 0.248 e. The molecule has 0 saturated heterocycles. The number of hydrogen-bond donors (Lipinski definition) is 0. The molecule has 0 bridgehead atoms. The molecule has 0 aromatic carbocycles. The average molecular weight is 246 g/mol. The Labute approximate surface area is 96.4 Å².